The van der Waals surface area contributed by atoms with Crippen LogP contribution in [-0.4, -0.2) is 10.7 Å². The zero-order valence-electron chi connectivity index (χ0n) is 10.3. The molecule has 1 N–H and O–H groups in total. The van der Waals surface area contributed by atoms with Crippen LogP contribution in [0.15, 0.2) is 0 Å². The SMILES string of the molecule is C[C@@H]1CC[C@H]2C(C)(C)C3(CC3)C[C@@]2(O)C1. The first-order chi connectivity index (χ1) is 6.90. The minimum atomic E-state index is -0.308. The number of hydrogen-bond acceptors (Lipinski definition) is 1. The van der Waals surface area contributed by atoms with Gasteiger partial charge in [-0.25, -0.2) is 0 Å². The van der Waals surface area contributed by atoms with Crippen LogP contribution in [0.25, 0.3) is 0 Å². The average molecular weight is 208 g/mol. The second kappa shape index (κ2) is 2.61. The summed E-state index contributed by atoms with van der Waals surface area (Å²) in [7, 11) is 0. The van der Waals surface area contributed by atoms with Gasteiger partial charge in [0.2, 0.25) is 0 Å². The molecule has 0 unspecified atom stereocenters. The molecule has 3 aliphatic rings. The lowest BCUT2D eigenvalue weighted by atomic mass is 9.65. The maximum atomic E-state index is 10.9. The smallest absolute Gasteiger partial charge is 0.0689 e. The van der Waals surface area contributed by atoms with Crippen LogP contribution in [0.1, 0.15) is 59.3 Å². The topological polar surface area (TPSA) is 20.2 Å². The first-order valence-corrected chi connectivity index (χ1v) is 6.62. The molecule has 15 heavy (non-hydrogen) atoms. The standard InChI is InChI=1S/C14H24O/c1-10-4-5-11-12(2,3)13(6-7-13)9-14(11,15)8-10/h10-11,15H,4-9H2,1-3H3/t10-,11+,14+/m1/s1. The Labute approximate surface area is 93.3 Å². The fourth-order valence-electron chi connectivity index (χ4n) is 4.95. The van der Waals surface area contributed by atoms with Crippen molar-refractivity contribution in [3.05, 3.63) is 0 Å². The summed E-state index contributed by atoms with van der Waals surface area (Å²) >= 11 is 0. The minimum absolute atomic E-state index is 0.308. The van der Waals surface area contributed by atoms with Crippen molar-refractivity contribution >= 4 is 0 Å². The molecule has 0 aromatic carbocycles. The molecule has 3 fully saturated rings. The van der Waals surface area contributed by atoms with Crippen molar-refractivity contribution in [3.8, 4) is 0 Å². The summed E-state index contributed by atoms with van der Waals surface area (Å²) in [5.41, 5.74) is 0.607. The number of hydrogen-bond donors (Lipinski definition) is 1. The van der Waals surface area contributed by atoms with Gasteiger partial charge in [0.15, 0.2) is 0 Å². The highest BCUT2D eigenvalue weighted by Crippen LogP contribution is 2.74. The Morgan fingerprint density at radius 1 is 1.13 bits per heavy atom. The molecule has 86 valence electrons. The van der Waals surface area contributed by atoms with Gasteiger partial charge in [-0.3, -0.25) is 0 Å². The van der Waals surface area contributed by atoms with Crippen LogP contribution in [0.5, 0.6) is 0 Å². The molecule has 0 aliphatic heterocycles. The molecule has 1 heteroatoms. The summed E-state index contributed by atoms with van der Waals surface area (Å²) in [4.78, 5) is 0. The van der Waals surface area contributed by atoms with E-state index in [1.165, 1.54) is 25.7 Å². The molecular formula is C14H24O. The van der Waals surface area contributed by atoms with Gasteiger partial charge in [-0.05, 0) is 54.8 Å². The second-order valence-electron chi connectivity index (χ2n) is 7.22. The van der Waals surface area contributed by atoms with E-state index in [1.54, 1.807) is 0 Å². The van der Waals surface area contributed by atoms with Crippen LogP contribution in [0.3, 0.4) is 0 Å². The summed E-state index contributed by atoms with van der Waals surface area (Å²) in [6.45, 7) is 7.14. The van der Waals surface area contributed by atoms with Gasteiger partial charge >= 0.3 is 0 Å². The van der Waals surface area contributed by atoms with Crippen molar-refractivity contribution in [1.82, 2.24) is 0 Å². The van der Waals surface area contributed by atoms with E-state index in [9.17, 15) is 5.11 Å². The Hall–Kier alpha value is -0.0400. The lowest BCUT2D eigenvalue weighted by Gasteiger charge is -2.43. The van der Waals surface area contributed by atoms with Crippen molar-refractivity contribution in [1.29, 1.82) is 0 Å². The summed E-state index contributed by atoms with van der Waals surface area (Å²) in [5.74, 6) is 1.31. The normalized spacial score (nSPS) is 50.4. The summed E-state index contributed by atoms with van der Waals surface area (Å²) < 4.78 is 0. The lowest BCUT2D eigenvalue weighted by Crippen LogP contribution is -2.43. The monoisotopic (exact) mass is 208 g/mol. The van der Waals surface area contributed by atoms with Gasteiger partial charge in [-0.1, -0.05) is 27.2 Å². The Balaban J connectivity index is 1.96. The first-order valence-electron chi connectivity index (χ1n) is 6.62. The number of aliphatic hydroxyl groups is 1. The van der Waals surface area contributed by atoms with E-state index in [2.05, 4.69) is 20.8 Å². The van der Waals surface area contributed by atoms with Crippen molar-refractivity contribution < 1.29 is 5.11 Å². The van der Waals surface area contributed by atoms with Gasteiger partial charge < -0.3 is 5.11 Å². The molecule has 0 aromatic rings. The van der Waals surface area contributed by atoms with E-state index in [0.29, 0.717) is 16.7 Å². The molecule has 3 atom stereocenters. The fourth-order valence-corrected chi connectivity index (χ4v) is 4.95. The average Bonchev–Trinajstić information content (AvgIpc) is 2.80. The maximum Gasteiger partial charge on any atom is 0.0689 e. The van der Waals surface area contributed by atoms with Crippen LogP contribution in [-0.2, 0) is 0 Å². The highest BCUT2D eigenvalue weighted by Gasteiger charge is 2.69. The number of fused-ring (bicyclic) bond motifs is 1. The molecule has 0 heterocycles. The molecule has 3 rings (SSSR count). The molecule has 0 radical (unpaired) electrons. The van der Waals surface area contributed by atoms with Crippen LogP contribution >= 0.6 is 0 Å². The zero-order valence-corrected chi connectivity index (χ0v) is 10.3. The lowest BCUT2D eigenvalue weighted by molar-refractivity contribution is -0.0654. The van der Waals surface area contributed by atoms with E-state index >= 15 is 0 Å². The molecule has 3 saturated carbocycles. The molecular weight excluding hydrogens is 184 g/mol. The van der Waals surface area contributed by atoms with Crippen LogP contribution in [0.2, 0.25) is 0 Å². The summed E-state index contributed by atoms with van der Waals surface area (Å²) in [6.07, 6.45) is 7.48. The molecule has 0 aromatic heterocycles. The molecule has 1 nitrogen and oxygen atoms in total. The molecule has 0 bridgehead atoms. The quantitative estimate of drug-likeness (QED) is 0.647. The Morgan fingerprint density at radius 3 is 2.40 bits per heavy atom. The van der Waals surface area contributed by atoms with Crippen LogP contribution < -0.4 is 0 Å². The van der Waals surface area contributed by atoms with E-state index < -0.39 is 0 Å². The van der Waals surface area contributed by atoms with E-state index in [4.69, 9.17) is 0 Å². The zero-order chi connectivity index (χ0) is 10.9. The summed E-state index contributed by atoms with van der Waals surface area (Å²) in [6, 6.07) is 0. The van der Waals surface area contributed by atoms with Crippen molar-refractivity contribution in [2.45, 2.75) is 64.9 Å². The Kier molecular flexibility index (Phi) is 1.77. The second-order valence-corrected chi connectivity index (χ2v) is 7.22. The van der Waals surface area contributed by atoms with E-state index in [0.717, 1.165) is 18.8 Å². The number of rotatable bonds is 0. The van der Waals surface area contributed by atoms with Gasteiger partial charge in [0.05, 0.1) is 5.60 Å². The van der Waals surface area contributed by atoms with Gasteiger partial charge in [-0.2, -0.15) is 0 Å². The molecule has 3 aliphatic carbocycles. The maximum absolute atomic E-state index is 10.9. The third kappa shape index (κ3) is 1.13. The fraction of sp³-hybridized carbons (Fsp3) is 1.00. The minimum Gasteiger partial charge on any atom is -0.390 e. The van der Waals surface area contributed by atoms with Gasteiger partial charge in [-0.15, -0.1) is 0 Å². The van der Waals surface area contributed by atoms with Crippen LogP contribution in [0, 0.1) is 22.7 Å². The Bertz CT molecular complexity index is 290. The molecule has 1 spiro atoms. The highest BCUT2D eigenvalue weighted by atomic mass is 16.3. The highest BCUT2D eigenvalue weighted by molar-refractivity contribution is 5.19. The Morgan fingerprint density at radius 2 is 1.80 bits per heavy atom. The van der Waals surface area contributed by atoms with Crippen molar-refractivity contribution in [2.75, 3.05) is 0 Å². The molecule has 0 saturated heterocycles. The van der Waals surface area contributed by atoms with Gasteiger partial charge in [0, 0.05) is 0 Å². The predicted molar refractivity (Wildman–Crippen MR) is 61.5 cm³/mol. The van der Waals surface area contributed by atoms with Crippen molar-refractivity contribution in [2.24, 2.45) is 22.7 Å². The largest absolute Gasteiger partial charge is 0.390 e. The van der Waals surface area contributed by atoms with Gasteiger partial charge in [0.25, 0.3) is 0 Å². The van der Waals surface area contributed by atoms with E-state index in [1.807, 2.05) is 0 Å². The van der Waals surface area contributed by atoms with E-state index in [-0.39, 0.29) is 5.60 Å². The first kappa shape index (κ1) is 10.1. The molecule has 0 amide bonds. The third-order valence-corrected chi connectivity index (χ3v) is 6.03. The third-order valence-electron chi connectivity index (χ3n) is 6.03. The van der Waals surface area contributed by atoms with Crippen LogP contribution in [0.4, 0.5) is 0 Å². The van der Waals surface area contributed by atoms with Gasteiger partial charge in [0.1, 0.15) is 0 Å². The van der Waals surface area contributed by atoms with Crippen molar-refractivity contribution in [3.63, 3.8) is 0 Å². The predicted octanol–water partition coefficient (Wildman–Crippen LogP) is 3.36. The summed E-state index contributed by atoms with van der Waals surface area (Å²) in [5, 5.41) is 10.9.